The lowest BCUT2D eigenvalue weighted by atomic mass is 9.71. The Hall–Kier alpha value is 0.170. The number of terminal acetylenes is 2. The predicted octanol–water partition coefficient (Wildman–Crippen LogP) is 5.40. The maximum absolute atomic E-state index is 4.95. The largest absolute Gasteiger partial charge is 0.179 e. The van der Waals surface area contributed by atoms with Crippen LogP contribution in [0.5, 0.6) is 0 Å². The molecule has 0 spiro atoms. The van der Waals surface area contributed by atoms with Crippen LogP contribution in [-0.4, -0.2) is 17.3 Å². The van der Waals surface area contributed by atoms with E-state index < -0.39 is 0 Å². The van der Waals surface area contributed by atoms with Crippen LogP contribution in [0.3, 0.4) is 0 Å². The molecule has 1 rings (SSSR count). The number of hydrogen-bond acceptors (Lipinski definition) is 3. The first-order valence-corrected chi connectivity index (χ1v) is 10.3. The average molecular weight is 357 g/mol. The van der Waals surface area contributed by atoms with Crippen LogP contribution in [0.25, 0.3) is 0 Å². The summed E-state index contributed by atoms with van der Waals surface area (Å²) >= 11 is 13.1. The van der Waals surface area contributed by atoms with Crippen molar-refractivity contribution in [3.63, 3.8) is 0 Å². The predicted molar refractivity (Wildman–Crippen MR) is 111 cm³/mol. The van der Waals surface area contributed by atoms with E-state index in [4.69, 9.17) is 12.8 Å². The van der Waals surface area contributed by atoms with E-state index in [1.807, 2.05) is 0 Å². The van der Waals surface area contributed by atoms with Crippen molar-refractivity contribution in [2.24, 2.45) is 17.8 Å². The molecule has 0 nitrogen and oxygen atoms in total. The lowest BCUT2D eigenvalue weighted by molar-refractivity contribution is 0.169. The normalized spacial score (nSPS) is 23.8. The molecule has 3 heteroatoms. The molecule has 1 saturated carbocycles. The molecule has 0 amide bonds. The van der Waals surface area contributed by atoms with Crippen molar-refractivity contribution in [1.82, 2.24) is 0 Å². The molecule has 1 aliphatic rings. The third-order valence-electron chi connectivity index (χ3n) is 4.43. The van der Waals surface area contributed by atoms with Crippen molar-refractivity contribution in [1.29, 1.82) is 0 Å². The summed E-state index contributed by atoms with van der Waals surface area (Å²) in [7, 11) is 0. The van der Waals surface area contributed by atoms with Gasteiger partial charge in [0.15, 0.2) is 0 Å². The zero-order valence-corrected chi connectivity index (χ0v) is 16.4. The van der Waals surface area contributed by atoms with Gasteiger partial charge in [0.25, 0.3) is 0 Å². The summed E-state index contributed by atoms with van der Waals surface area (Å²) in [6.45, 7) is 0. The molecule has 0 N–H and O–H groups in total. The Bertz CT molecular complexity index is 313. The summed E-state index contributed by atoms with van der Waals surface area (Å²) in [5.74, 6) is 10.9. The minimum Gasteiger partial charge on any atom is -0.179 e. The molecule has 1 aliphatic carbocycles. The zero-order chi connectivity index (χ0) is 16.6. The van der Waals surface area contributed by atoms with Gasteiger partial charge in [0.05, 0.1) is 0 Å². The highest BCUT2D eigenvalue weighted by atomic mass is 32.1. The monoisotopic (exact) mass is 356 g/mol. The quantitative estimate of drug-likeness (QED) is 0.289. The summed E-state index contributed by atoms with van der Waals surface area (Å²) in [6.07, 6.45) is 20.6. The summed E-state index contributed by atoms with van der Waals surface area (Å²) < 4.78 is 0. The Balaban J connectivity index is 0.000000534. The van der Waals surface area contributed by atoms with Crippen LogP contribution >= 0.6 is 37.9 Å². The molecule has 0 radical (unpaired) electrons. The molecular weight excluding hydrogens is 324 g/mol. The van der Waals surface area contributed by atoms with Gasteiger partial charge in [0, 0.05) is 12.8 Å². The number of hydrogen-bond donors (Lipinski definition) is 3. The van der Waals surface area contributed by atoms with Gasteiger partial charge in [-0.25, -0.2) is 0 Å². The van der Waals surface area contributed by atoms with Crippen LogP contribution < -0.4 is 0 Å². The SMILES string of the molecule is C#CCCCC#C.SCCC1CCC(CCS)C(CCS)C1. The summed E-state index contributed by atoms with van der Waals surface area (Å²) in [4.78, 5) is 0. The molecule has 0 heterocycles. The van der Waals surface area contributed by atoms with Crippen molar-refractivity contribution in [2.75, 3.05) is 17.3 Å². The van der Waals surface area contributed by atoms with Crippen LogP contribution in [-0.2, 0) is 0 Å². The second-order valence-electron chi connectivity index (χ2n) is 6.00. The van der Waals surface area contributed by atoms with E-state index >= 15 is 0 Å². The molecule has 0 saturated heterocycles. The second-order valence-corrected chi connectivity index (χ2v) is 7.34. The molecule has 1 fully saturated rings. The molecule has 126 valence electrons. The van der Waals surface area contributed by atoms with Crippen molar-refractivity contribution in [2.45, 2.75) is 57.8 Å². The summed E-state index contributed by atoms with van der Waals surface area (Å²) in [5.41, 5.74) is 0. The molecule has 3 unspecified atom stereocenters. The highest BCUT2D eigenvalue weighted by Gasteiger charge is 2.28. The maximum Gasteiger partial charge on any atom is 0.00951 e. The Morgan fingerprint density at radius 2 is 1.32 bits per heavy atom. The van der Waals surface area contributed by atoms with Crippen LogP contribution in [0.1, 0.15) is 57.8 Å². The Kier molecular flexibility index (Phi) is 16.2. The van der Waals surface area contributed by atoms with E-state index in [2.05, 4.69) is 49.7 Å². The summed E-state index contributed by atoms with van der Waals surface area (Å²) in [5, 5.41) is 0. The van der Waals surface area contributed by atoms with E-state index in [1.54, 1.807) is 0 Å². The molecule has 0 aliphatic heterocycles. The van der Waals surface area contributed by atoms with Crippen LogP contribution in [0.2, 0.25) is 0 Å². The van der Waals surface area contributed by atoms with Gasteiger partial charge in [-0.2, -0.15) is 37.9 Å². The smallest absolute Gasteiger partial charge is 0.00951 e. The van der Waals surface area contributed by atoms with Crippen molar-refractivity contribution in [3.8, 4) is 24.7 Å². The number of unbranched alkanes of at least 4 members (excludes halogenated alkanes) is 2. The van der Waals surface area contributed by atoms with E-state index in [1.165, 1.54) is 38.5 Å². The standard InChI is InChI=1S/C12H24S3.C7H8/c13-6-3-10-1-2-11(4-7-14)12(9-10)5-8-15;1-3-5-7-6-4-2/h10-15H,1-9H2;1-2H,5-7H2. The summed E-state index contributed by atoms with van der Waals surface area (Å²) in [6, 6.07) is 0. The fourth-order valence-corrected chi connectivity index (χ4v) is 4.25. The Morgan fingerprint density at radius 3 is 1.82 bits per heavy atom. The highest BCUT2D eigenvalue weighted by Crippen LogP contribution is 2.39. The third kappa shape index (κ3) is 10.8. The number of thiol groups is 3. The molecule has 3 atom stereocenters. The van der Waals surface area contributed by atoms with Crippen LogP contribution in [0, 0.1) is 42.4 Å². The number of rotatable bonds is 8. The van der Waals surface area contributed by atoms with Crippen molar-refractivity contribution < 1.29 is 0 Å². The second kappa shape index (κ2) is 16.0. The van der Waals surface area contributed by atoms with Gasteiger partial charge in [0.2, 0.25) is 0 Å². The van der Waals surface area contributed by atoms with Gasteiger partial charge in [0.1, 0.15) is 0 Å². The Morgan fingerprint density at radius 1 is 0.773 bits per heavy atom. The van der Waals surface area contributed by atoms with Crippen LogP contribution in [0.4, 0.5) is 0 Å². The molecule has 0 bridgehead atoms. The van der Waals surface area contributed by atoms with Crippen molar-refractivity contribution >= 4 is 37.9 Å². The van der Waals surface area contributed by atoms with Crippen molar-refractivity contribution in [3.05, 3.63) is 0 Å². The average Bonchev–Trinajstić information content (AvgIpc) is 2.52. The molecule has 22 heavy (non-hydrogen) atoms. The minimum atomic E-state index is 0.810. The van der Waals surface area contributed by atoms with E-state index in [0.717, 1.165) is 54.3 Å². The van der Waals surface area contributed by atoms with Gasteiger partial charge < -0.3 is 0 Å². The lowest BCUT2D eigenvalue weighted by Gasteiger charge is -2.36. The fraction of sp³-hybridized carbons (Fsp3) is 0.789. The van der Waals surface area contributed by atoms with Gasteiger partial charge in [-0.3, -0.25) is 0 Å². The molecule has 0 aromatic rings. The van der Waals surface area contributed by atoms with Gasteiger partial charge in [-0.15, -0.1) is 24.7 Å². The van der Waals surface area contributed by atoms with E-state index in [9.17, 15) is 0 Å². The fourth-order valence-electron chi connectivity index (χ4n) is 3.23. The third-order valence-corrected chi connectivity index (χ3v) is 5.20. The molecular formula is C19H32S3. The van der Waals surface area contributed by atoms with E-state index in [-0.39, 0.29) is 0 Å². The topological polar surface area (TPSA) is 0 Å². The first-order valence-electron chi connectivity index (χ1n) is 8.42. The first kappa shape index (κ1) is 22.2. The maximum atomic E-state index is 4.95. The Labute approximate surface area is 155 Å². The van der Waals surface area contributed by atoms with Crippen LogP contribution in [0.15, 0.2) is 0 Å². The lowest BCUT2D eigenvalue weighted by Crippen LogP contribution is -2.26. The van der Waals surface area contributed by atoms with E-state index in [0.29, 0.717) is 0 Å². The highest BCUT2D eigenvalue weighted by molar-refractivity contribution is 7.80. The first-order chi connectivity index (χ1) is 10.7. The molecule has 0 aromatic heterocycles. The van der Waals surface area contributed by atoms with Gasteiger partial charge in [-0.05, 0) is 73.5 Å². The van der Waals surface area contributed by atoms with Gasteiger partial charge in [-0.1, -0.05) is 6.42 Å². The molecule has 0 aromatic carbocycles. The van der Waals surface area contributed by atoms with Gasteiger partial charge >= 0.3 is 0 Å². The minimum absolute atomic E-state index is 0.810. The zero-order valence-electron chi connectivity index (χ0n) is 13.7.